The molecule has 3 aromatic rings. The molecule has 2 aromatic heterocycles. The van der Waals surface area contributed by atoms with Crippen molar-refractivity contribution in [3.05, 3.63) is 71.7 Å². The molecule has 3 rings (SSSR count). The summed E-state index contributed by atoms with van der Waals surface area (Å²) in [5.41, 5.74) is 2.58. The van der Waals surface area contributed by atoms with Gasteiger partial charge >= 0.3 is 0 Å². The van der Waals surface area contributed by atoms with Gasteiger partial charge in [0.05, 0.1) is 17.4 Å². The van der Waals surface area contributed by atoms with Gasteiger partial charge < -0.3 is 14.7 Å². The number of carbonyl (C=O) groups excluding carboxylic acids is 1. The maximum atomic E-state index is 12.4. The number of hydrogen-bond donors (Lipinski definition) is 1. The number of carbonyl (C=O) groups is 1. The summed E-state index contributed by atoms with van der Waals surface area (Å²) in [6, 6.07) is 13.7. The Hall–Kier alpha value is -3.15. The Morgan fingerprint density at radius 3 is 2.68 bits per heavy atom. The van der Waals surface area contributed by atoms with Crippen molar-refractivity contribution in [1.82, 2.24) is 10.1 Å². The Labute approximate surface area is 146 Å². The Morgan fingerprint density at radius 1 is 1.20 bits per heavy atom. The van der Waals surface area contributed by atoms with Crippen molar-refractivity contribution >= 4 is 17.4 Å². The molecule has 0 aliphatic rings. The normalized spacial score (nSPS) is 10.5. The van der Waals surface area contributed by atoms with Gasteiger partial charge in [-0.25, -0.2) is 0 Å². The second-order valence-corrected chi connectivity index (χ2v) is 5.71. The third-order valence-electron chi connectivity index (χ3n) is 3.82. The average Bonchev–Trinajstić information content (AvgIpc) is 3.05. The van der Waals surface area contributed by atoms with Crippen molar-refractivity contribution in [3.8, 4) is 0 Å². The van der Waals surface area contributed by atoms with Crippen molar-refractivity contribution in [2.45, 2.75) is 20.4 Å². The number of aromatic nitrogens is 2. The second kappa shape index (κ2) is 7.61. The lowest BCUT2D eigenvalue weighted by atomic mass is 10.2. The summed E-state index contributed by atoms with van der Waals surface area (Å²) < 4.78 is 4.96. The zero-order chi connectivity index (χ0) is 17.6. The first-order valence-corrected chi connectivity index (χ1v) is 8.14. The predicted molar refractivity (Wildman–Crippen MR) is 96.6 cm³/mol. The molecule has 6 nitrogen and oxygen atoms in total. The fourth-order valence-corrected chi connectivity index (χ4v) is 2.53. The van der Waals surface area contributed by atoms with E-state index in [0.717, 1.165) is 18.8 Å². The molecule has 25 heavy (non-hydrogen) atoms. The molecule has 0 radical (unpaired) electrons. The molecule has 6 heteroatoms. The van der Waals surface area contributed by atoms with Crippen LogP contribution in [-0.4, -0.2) is 22.6 Å². The molecule has 0 saturated carbocycles. The first kappa shape index (κ1) is 16.7. The monoisotopic (exact) mass is 336 g/mol. The number of anilines is 2. The molecule has 0 saturated heterocycles. The molecule has 1 N–H and O–H groups in total. The molecule has 0 unspecified atom stereocenters. The van der Waals surface area contributed by atoms with E-state index in [0.29, 0.717) is 17.1 Å². The van der Waals surface area contributed by atoms with Crippen LogP contribution in [-0.2, 0) is 6.54 Å². The zero-order valence-corrected chi connectivity index (χ0v) is 14.3. The van der Waals surface area contributed by atoms with Crippen LogP contribution < -0.4 is 10.2 Å². The molecule has 0 aliphatic carbocycles. The zero-order valence-electron chi connectivity index (χ0n) is 14.3. The minimum absolute atomic E-state index is 0.265. The van der Waals surface area contributed by atoms with Gasteiger partial charge in [-0.05, 0) is 25.5 Å². The summed E-state index contributed by atoms with van der Waals surface area (Å²) in [7, 11) is 0. The third kappa shape index (κ3) is 4.23. The van der Waals surface area contributed by atoms with Gasteiger partial charge in [-0.1, -0.05) is 35.5 Å². The van der Waals surface area contributed by atoms with E-state index in [2.05, 4.69) is 39.4 Å². The van der Waals surface area contributed by atoms with Gasteiger partial charge in [-0.15, -0.1) is 0 Å². The smallest absolute Gasteiger partial charge is 0.258 e. The third-order valence-corrected chi connectivity index (χ3v) is 3.82. The number of rotatable bonds is 6. The minimum Gasteiger partial charge on any atom is -0.366 e. The number of pyridine rings is 1. The SMILES string of the molecule is CCN(Cc1ccccc1)c1cncc(C(=O)Nc2cc(C)on2)c1. The summed E-state index contributed by atoms with van der Waals surface area (Å²) in [6.45, 7) is 5.41. The van der Waals surface area contributed by atoms with Crippen molar-refractivity contribution in [2.75, 3.05) is 16.8 Å². The van der Waals surface area contributed by atoms with E-state index >= 15 is 0 Å². The molecule has 0 atom stereocenters. The lowest BCUT2D eigenvalue weighted by molar-refractivity contribution is 0.102. The lowest BCUT2D eigenvalue weighted by Crippen LogP contribution is -2.23. The molecule has 0 fully saturated rings. The highest BCUT2D eigenvalue weighted by Gasteiger charge is 2.12. The van der Waals surface area contributed by atoms with Crippen LogP contribution in [0.1, 0.15) is 28.6 Å². The molecule has 1 amide bonds. The largest absolute Gasteiger partial charge is 0.366 e. The Balaban J connectivity index is 1.76. The number of benzene rings is 1. The number of nitrogens with one attached hydrogen (secondary N) is 1. The second-order valence-electron chi connectivity index (χ2n) is 5.71. The molecule has 0 bridgehead atoms. The van der Waals surface area contributed by atoms with Crippen LogP contribution in [0.2, 0.25) is 0 Å². The van der Waals surface area contributed by atoms with Crippen LogP contribution >= 0.6 is 0 Å². The van der Waals surface area contributed by atoms with E-state index in [1.807, 2.05) is 24.3 Å². The van der Waals surface area contributed by atoms with Crippen LogP contribution in [0, 0.1) is 6.92 Å². The topological polar surface area (TPSA) is 71.3 Å². The van der Waals surface area contributed by atoms with Crippen molar-refractivity contribution in [1.29, 1.82) is 0 Å². The van der Waals surface area contributed by atoms with Gasteiger partial charge in [-0.2, -0.15) is 0 Å². The van der Waals surface area contributed by atoms with Crippen molar-refractivity contribution < 1.29 is 9.32 Å². The molecule has 2 heterocycles. The Kier molecular flexibility index (Phi) is 5.09. The average molecular weight is 336 g/mol. The minimum atomic E-state index is -0.265. The molecule has 0 spiro atoms. The van der Waals surface area contributed by atoms with E-state index in [1.54, 1.807) is 25.4 Å². The predicted octanol–water partition coefficient (Wildman–Crippen LogP) is 3.66. The van der Waals surface area contributed by atoms with Gasteiger partial charge in [0.15, 0.2) is 5.82 Å². The van der Waals surface area contributed by atoms with Crippen LogP contribution in [0.15, 0.2) is 59.4 Å². The molecular formula is C19H20N4O2. The fraction of sp³-hybridized carbons (Fsp3) is 0.211. The van der Waals surface area contributed by atoms with E-state index in [9.17, 15) is 4.79 Å². The van der Waals surface area contributed by atoms with Gasteiger partial charge in [-0.3, -0.25) is 9.78 Å². The lowest BCUT2D eigenvalue weighted by Gasteiger charge is -2.23. The van der Waals surface area contributed by atoms with E-state index in [4.69, 9.17) is 4.52 Å². The van der Waals surface area contributed by atoms with Crippen LogP contribution in [0.25, 0.3) is 0 Å². The number of nitrogens with zero attached hydrogens (tertiary/aromatic N) is 3. The fourth-order valence-electron chi connectivity index (χ4n) is 2.53. The molecular weight excluding hydrogens is 316 g/mol. The van der Waals surface area contributed by atoms with E-state index in [-0.39, 0.29) is 5.91 Å². The highest BCUT2D eigenvalue weighted by molar-refractivity contribution is 6.04. The van der Waals surface area contributed by atoms with Crippen molar-refractivity contribution in [2.24, 2.45) is 0 Å². The van der Waals surface area contributed by atoms with Crippen molar-refractivity contribution in [3.63, 3.8) is 0 Å². The van der Waals surface area contributed by atoms with Gasteiger partial charge in [0.2, 0.25) is 0 Å². The number of aryl methyl sites for hydroxylation is 1. The molecule has 1 aromatic carbocycles. The van der Waals surface area contributed by atoms with Crippen LogP contribution in [0.4, 0.5) is 11.5 Å². The maximum absolute atomic E-state index is 12.4. The number of hydrogen-bond acceptors (Lipinski definition) is 5. The van der Waals surface area contributed by atoms with Gasteiger partial charge in [0.1, 0.15) is 5.76 Å². The van der Waals surface area contributed by atoms with Crippen LogP contribution in [0.3, 0.4) is 0 Å². The summed E-state index contributed by atoms with van der Waals surface area (Å²) in [6.07, 6.45) is 3.31. The van der Waals surface area contributed by atoms with Gasteiger partial charge in [0.25, 0.3) is 5.91 Å². The van der Waals surface area contributed by atoms with E-state index < -0.39 is 0 Å². The highest BCUT2D eigenvalue weighted by atomic mass is 16.5. The Bertz CT molecular complexity index is 845. The summed E-state index contributed by atoms with van der Waals surface area (Å²) in [5.74, 6) is 0.769. The standard InChI is InChI=1S/C19H20N4O2/c1-3-23(13-15-7-5-4-6-8-15)17-10-16(11-20-12-17)19(24)21-18-9-14(2)25-22-18/h4-12H,3,13H2,1-2H3,(H,21,22,24). The number of amides is 1. The van der Waals surface area contributed by atoms with Crippen LogP contribution in [0.5, 0.6) is 0 Å². The summed E-state index contributed by atoms with van der Waals surface area (Å²) >= 11 is 0. The molecule has 128 valence electrons. The van der Waals surface area contributed by atoms with Gasteiger partial charge in [0, 0.05) is 25.4 Å². The quantitative estimate of drug-likeness (QED) is 0.744. The molecule has 0 aliphatic heterocycles. The first-order chi connectivity index (χ1) is 12.2. The first-order valence-electron chi connectivity index (χ1n) is 8.14. The maximum Gasteiger partial charge on any atom is 0.258 e. The Morgan fingerprint density at radius 2 is 2.00 bits per heavy atom. The summed E-state index contributed by atoms with van der Waals surface area (Å²) in [4.78, 5) is 18.8. The summed E-state index contributed by atoms with van der Waals surface area (Å²) in [5, 5.41) is 6.48. The van der Waals surface area contributed by atoms with E-state index in [1.165, 1.54) is 5.56 Å². The highest BCUT2D eigenvalue weighted by Crippen LogP contribution is 2.18.